The molecule has 0 aliphatic carbocycles. The molecule has 0 N–H and O–H groups in total. The van der Waals surface area contributed by atoms with Gasteiger partial charge in [-0.3, -0.25) is 9.36 Å². The van der Waals surface area contributed by atoms with Gasteiger partial charge in [-0.15, -0.1) is 11.3 Å². The van der Waals surface area contributed by atoms with Crippen LogP contribution in [-0.4, -0.2) is 15.5 Å². The summed E-state index contributed by atoms with van der Waals surface area (Å²) in [6.45, 7) is 4.81. The van der Waals surface area contributed by atoms with E-state index in [1.807, 2.05) is 0 Å². The minimum absolute atomic E-state index is 0.0641. The Bertz CT molecular complexity index is 999. The fraction of sp³-hybridized carbons (Fsp3) is 0.333. The third-order valence-corrected chi connectivity index (χ3v) is 4.80. The van der Waals surface area contributed by atoms with Crippen molar-refractivity contribution in [2.45, 2.75) is 33.7 Å². The maximum atomic E-state index is 13.7. The summed E-state index contributed by atoms with van der Waals surface area (Å²) in [6, 6.07) is 2.45. The van der Waals surface area contributed by atoms with Gasteiger partial charge < -0.3 is 4.74 Å². The quantitative estimate of drug-likeness (QED) is 0.433. The zero-order valence-electron chi connectivity index (χ0n) is 14.7. The molecule has 3 aromatic heterocycles. The molecule has 0 unspecified atom stereocenters. The van der Waals surface area contributed by atoms with Gasteiger partial charge in [-0.1, -0.05) is 0 Å². The number of fused-ring (bicyclic) bond motifs is 1. The van der Waals surface area contributed by atoms with Crippen LogP contribution in [0.25, 0.3) is 22.2 Å². The Morgan fingerprint density at radius 2 is 1.96 bits per heavy atom. The van der Waals surface area contributed by atoms with Gasteiger partial charge in [0.2, 0.25) is 0 Å². The van der Waals surface area contributed by atoms with Crippen LogP contribution < -0.4 is 0 Å². The molecule has 9 heteroatoms. The van der Waals surface area contributed by atoms with E-state index in [9.17, 15) is 22.4 Å². The number of rotatable bonds is 3. The number of nitrogens with zero attached hydrogens (tertiary/aromatic N) is 2. The number of hydrogen-bond donors (Lipinski definition) is 0. The van der Waals surface area contributed by atoms with Crippen molar-refractivity contribution in [3.8, 4) is 11.1 Å². The average molecular weight is 400 g/mol. The number of thiophene rings is 1. The number of esters is 1. The van der Waals surface area contributed by atoms with Crippen molar-refractivity contribution in [1.82, 2.24) is 9.55 Å². The third-order valence-electron chi connectivity index (χ3n) is 3.84. The normalized spacial score (nSPS) is 12.6. The SMILES string of the molecule is CC(C)(C)C(=O)OCn1cc(-c2ccsc2C(F)(F)F)c2cc(F)cnc21. The molecule has 3 aromatic rings. The highest BCUT2D eigenvalue weighted by atomic mass is 32.1. The number of alkyl halides is 3. The third kappa shape index (κ3) is 3.83. The highest BCUT2D eigenvalue weighted by Gasteiger charge is 2.36. The number of aromatic nitrogens is 2. The molecule has 0 radical (unpaired) electrons. The second-order valence-corrected chi connectivity index (χ2v) is 7.93. The molecule has 0 saturated carbocycles. The Morgan fingerprint density at radius 1 is 1.26 bits per heavy atom. The van der Waals surface area contributed by atoms with Crippen LogP contribution in [0.2, 0.25) is 0 Å². The molecule has 0 amide bonds. The smallest absolute Gasteiger partial charge is 0.426 e. The summed E-state index contributed by atoms with van der Waals surface area (Å²) in [5.41, 5.74) is -0.391. The molecule has 0 bridgehead atoms. The van der Waals surface area contributed by atoms with E-state index in [1.165, 1.54) is 22.2 Å². The van der Waals surface area contributed by atoms with Crippen molar-refractivity contribution < 1.29 is 27.1 Å². The molecule has 0 aliphatic heterocycles. The number of ether oxygens (including phenoxy) is 1. The maximum Gasteiger partial charge on any atom is 0.426 e. The average Bonchev–Trinajstić information content (AvgIpc) is 3.15. The topological polar surface area (TPSA) is 44.1 Å². The molecule has 0 aliphatic rings. The zero-order chi connectivity index (χ0) is 20.0. The Hall–Kier alpha value is -2.42. The first-order valence-corrected chi connectivity index (χ1v) is 8.83. The summed E-state index contributed by atoms with van der Waals surface area (Å²) in [5, 5.41) is 1.54. The Morgan fingerprint density at radius 3 is 2.59 bits per heavy atom. The Labute approximate surface area is 156 Å². The van der Waals surface area contributed by atoms with Crippen molar-refractivity contribution in [3.05, 3.63) is 40.6 Å². The van der Waals surface area contributed by atoms with E-state index in [2.05, 4.69) is 4.98 Å². The van der Waals surface area contributed by atoms with Crippen LogP contribution in [0.4, 0.5) is 17.6 Å². The molecule has 0 aromatic carbocycles. The Kier molecular flexibility index (Phi) is 4.75. The lowest BCUT2D eigenvalue weighted by Crippen LogP contribution is -2.23. The second-order valence-electron chi connectivity index (χ2n) is 7.01. The zero-order valence-corrected chi connectivity index (χ0v) is 15.5. The molecule has 144 valence electrons. The lowest BCUT2D eigenvalue weighted by atomic mass is 9.98. The molecule has 0 saturated heterocycles. The number of halogens is 4. The van der Waals surface area contributed by atoms with E-state index in [1.54, 1.807) is 20.8 Å². The number of carbonyl (C=O) groups excluding carboxylic acids is 1. The number of pyridine rings is 1. The fourth-order valence-electron chi connectivity index (χ4n) is 2.54. The molecule has 3 heterocycles. The first-order chi connectivity index (χ1) is 12.5. The highest BCUT2D eigenvalue weighted by Crippen LogP contribution is 2.43. The standard InChI is InChI=1S/C18H16F4N2O2S/c1-17(2,3)16(25)26-9-24-8-13(12-6-10(19)7-23-15(12)24)11-4-5-27-14(11)18(20,21)22/h4-8H,9H2,1-3H3. The summed E-state index contributed by atoms with van der Waals surface area (Å²) in [6.07, 6.45) is -2.17. The van der Waals surface area contributed by atoms with Crippen molar-refractivity contribution >= 4 is 28.3 Å². The van der Waals surface area contributed by atoms with E-state index in [4.69, 9.17) is 4.74 Å². The molecule has 0 atom stereocenters. The monoisotopic (exact) mass is 400 g/mol. The molecule has 3 rings (SSSR count). The minimum atomic E-state index is -4.53. The van der Waals surface area contributed by atoms with Crippen molar-refractivity contribution in [1.29, 1.82) is 0 Å². The van der Waals surface area contributed by atoms with Crippen LogP contribution in [-0.2, 0) is 22.4 Å². The summed E-state index contributed by atoms with van der Waals surface area (Å²) < 4.78 is 60.2. The van der Waals surface area contributed by atoms with Crippen molar-refractivity contribution in [3.63, 3.8) is 0 Å². The molecule has 0 fully saturated rings. The molecule has 27 heavy (non-hydrogen) atoms. The second kappa shape index (κ2) is 6.63. The highest BCUT2D eigenvalue weighted by molar-refractivity contribution is 7.10. The largest absolute Gasteiger partial charge is 0.443 e. The molecule has 0 spiro atoms. The van der Waals surface area contributed by atoms with Crippen LogP contribution in [0.15, 0.2) is 29.9 Å². The van der Waals surface area contributed by atoms with Crippen LogP contribution in [0.5, 0.6) is 0 Å². The first kappa shape index (κ1) is 19.3. The van der Waals surface area contributed by atoms with Gasteiger partial charge >= 0.3 is 12.1 Å². The lowest BCUT2D eigenvalue weighted by molar-refractivity contribution is -0.156. The first-order valence-electron chi connectivity index (χ1n) is 7.95. The van der Waals surface area contributed by atoms with Gasteiger partial charge in [0.05, 0.1) is 11.6 Å². The van der Waals surface area contributed by atoms with Gasteiger partial charge in [0.25, 0.3) is 0 Å². The number of carbonyl (C=O) groups is 1. The fourth-order valence-corrected chi connectivity index (χ4v) is 3.32. The summed E-state index contributed by atoms with van der Waals surface area (Å²) in [4.78, 5) is 15.2. The lowest BCUT2D eigenvalue weighted by Gasteiger charge is -2.16. The molecular weight excluding hydrogens is 384 g/mol. The van der Waals surface area contributed by atoms with Gasteiger partial charge in [-0.05, 0) is 38.3 Å². The van der Waals surface area contributed by atoms with Gasteiger partial charge in [-0.2, -0.15) is 13.2 Å². The molecule has 4 nitrogen and oxygen atoms in total. The minimum Gasteiger partial charge on any atom is -0.443 e. The van der Waals surface area contributed by atoms with E-state index in [0.29, 0.717) is 11.3 Å². The van der Waals surface area contributed by atoms with Crippen molar-refractivity contribution in [2.75, 3.05) is 0 Å². The van der Waals surface area contributed by atoms with Gasteiger partial charge in [-0.25, -0.2) is 9.37 Å². The predicted octanol–water partition coefficient (Wildman–Crippen LogP) is 5.47. The van der Waals surface area contributed by atoms with Crippen molar-refractivity contribution in [2.24, 2.45) is 5.41 Å². The van der Waals surface area contributed by atoms with E-state index in [-0.39, 0.29) is 28.9 Å². The van der Waals surface area contributed by atoms with Crippen LogP contribution in [0.1, 0.15) is 25.6 Å². The van der Waals surface area contributed by atoms with Crippen LogP contribution in [0, 0.1) is 11.2 Å². The van der Waals surface area contributed by atoms with Crippen LogP contribution in [0.3, 0.4) is 0 Å². The number of hydrogen-bond acceptors (Lipinski definition) is 4. The van der Waals surface area contributed by atoms with Gasteiger partial charge in [0.1, 0.15) is 16.3 Å². The van der Waals surface area contributed by atoms with E-state index in [0.717, 1.165) is 12.3 Å². The molecular formula is C18H16F4N2O2S. The van der Waals surface area contributed by atoms with Gasteiger partial charge in [0.15, 0.2) is 6.73 Å². The maximum absolute atomic E-state index is 13.7. The van der Waals surface area contributed by atoms with E-state index < -0.39 is 28.3 Å². The van der Waals surface area contributed by atoms with Crippen LogP contribution >= 0.6 is 11.3 Å². The summed E-state index contributed by atoms with van der Waals surface area (Å²) in [5.74, 6) is -1.14. The summed E-state index contributed by atoms with van der Waals surface area (Å²) in [7, 11) is 0. The van der Waals surface area contributed by atoms with Gasteiger partial charge in [0, 0.05) is 22.7 Å². The summed E-state index contributed by atoms with van der Waals surface area (Å²) >= 11 is 0.561. The van der Waals surface area contributed by atoms with E-state index >= 15 is 0 Å². The predicted molar refractivity (Wildman–Crippen MR) is 93.6 cm³/mol. The Balaban J connectivity index is 2.09.